The molecule has 0 aromatic heterocycles. The normalized spacial score (nSPS) is 10.5. The molecule has 0 heterocycles. The number of carbonyl (C=O) groups excluding carboxylic acids is 1. The highest BCUT2D eigenvalue weighted by Gasteiger charge is 2.01. The summed E-state index contributed by atoms with van der Waals surface area (Å²) in [7, 11) is 0. The van der Waals surface area contributed by atoms with E-state index in [1.165, 1.54) is 0 Å². The number of hydrogen-bond donors (Lipinski definition) is 1. The van der Waals surface area contributed by atoms with Crippen LogP contribution in [0.4, 0.5) is 0 Å². The lowest BCUT2D eigenvalue weighted by Crippen LogP contribution is -2.28. The Hall–Kier alpha value is -0.630. The summed E-state index contributed by atoms with van der Waals surface area (Å²) in [6, 6.07) is 0.403. The Bertz CT molecular complexity index is 164. The van der Waals surface area contributed by atoms with E-state index in [1.54, 1.807) is 0 Å². The first-order valence-corrected chi connectivity index (χ1v) is 5.52. The number of rotatable bonds is 9. The second-order valence-electron chi connectivity index (χ2n) is 3.96. The van der Waals surface area contributed by atoms with Gasteiger partial charge in [0.2, 0.25) is 0 Å². The van der Waals surface area contributed by atoms with Gasteiger partial charge in [0.15, 0.2) is 0 Å². The summed E-state index contributed by atoms with van der Waals surface area (Å²) < 4.78 is 0. The molecule has 0 aromatic rings. The first kappa shape index (κ1) is 13.4. The number of unbranched alkanes of at least 4 members (excludes halogenated alkanes) is 3. The molecular weight excluding hydrogens is 174 g/mol. The molecule has 2 nitrogen and oxygen atoms in total. The third-order valence-electron chi connectivity index (χ3n) is 2.07. The van der Waals surface area contributed by atoms with Crippen molar-refractivity contribution < 1.29 is 4.79 Å². The van der Waals surface area contributed by atoms with Crippen LogP contribution in [0.25, 0.3) is 0 Å². The van der Waals surface area contributed by atoms with Crippen molar-refractivity contribution in [1.82, 2.24) is 5.32 Å². The second-order valence-corrected chi connectivity index (χ2v) is 3.96. The molecule has 0 radical (unpaired) electrons. The minimum absolute atomic E-state index is 0.331. The van der Waals surface area contributed by atoms with Crippen molar-refractivity contribution in [2.75, 3.05) is 6.54 Å². The maximum Gasteiger partial charge on any atom is 0.146 e. The minimum Gasteiger partial charge on any atom is -0.308 e. The number of carbonyl (C=O) groups is 1. The van der Waals surface area contributed by atoms with Gasteiger partial charge >= 0.3 is 0 Å². The fourth-order valence-corrected chi connectivity index (χ4v) is 1.19. The van der Waals surface area contributed by atoms with Crippen LogP contribution in [-0.4, -0.2) is 18.4 Å². The zero-order valence-electron chi connectivity index (χ0n) is 9.51. The summed E-state index contributed by atoms with van der Waals surface area (Å²) in [5, 5.41) is 3.13. The summed E-state index contributed by atoms with van der Waals surface area (Å²) in [5.74, 6) is 0.331. The smallest absolute Gasteiger partial charge is 0.146 e. The van der Waals surface area contributed by atoms with Crippen molar-refractivity contribution in [3.63, 3.8) is 0 Å². The molecule has 0 atom stereocenters. The molecule has 1 N–H and O–H groups in total. The fourth-order valence-electron chi connectivity index (χ4n) is 1.19. The number of hydrogen-bond acceptors (Lipinski definition) is 2. The molecule has 0 bridgehead atoms. The van der Waals surface area contributed by atoms with Crippen LogP contribution in [0, 0.1) is 0 Å². The first-order chi connectivity index (χ1) is 6.66. The lowest BCUT2D eigenvalue weighted by molar-refractivity contribution is -0.118. The molecule has 82 valence electrons. The minimum atomic E-state index is 0.331. The number of ketones is 1. The van der Waals surface area contributed by atoms with Gasteiger partial charge in [-0.1, -0.05) is 26.3 Å². The molecule has 0 aliphatic carbocycles. The van der Waals surface area contributed by atoms with Gasteiger partial charge in [-0.05, 0) is 19.3 Å². The van der Waals surface area contributed by atoms with Crippen molar-refractivity contribution in [3.05, 3.63) is 12.7 Å². The highest BCUT2D eigenvalue weighted by atomic mass is 16.1. The van der Waals surface area contributed by atoms with Crippen molar-refractivity contribution in [1.29, 1.82) is 0 Å². The van der Waals surface area contributed by atoms with E-state index >= 15 is 0 Å². The number of Topliss-reactive ketones (excluding diaryl/α,β-unsaturated/α-hetero) is 1. The van der Waals surface area contributed by atoms with E-state index in [9.17, 15) is 4.79 Å². The van der Waals surface area contributed by atoms with Gasteiger partial charge in [0.1, 0.15) is 5.78 Å². The molecule has 0 amide bonds. The molecule has 0 fully saturated rings. The lowest BCUT2D eigenvalue weighted by atomic mass is 10.1. The van der Waals surface area contributed by atoms with E-state index in [4.69, 9.17) is 0 Å². The standard InChI is InChI=1S/C12H23NO/c1-4-5-6-7-8-9-12(14)10-13-11(2)3/h4,11,13H,1,5-10H2,2-3H3. The van der Waals surface area contributed by atoms with Gasteiger partial charge in [-0.2, -0.15) is 0 Å². The second kappa shape index (κ2) is 8.95. The van der Waals surface area contributed by atoms with E-state index < -0.39 is 0 Å². The summed E-state index contributed by atoms with van der Waals surface area (Å²) in [5.41, 5.74) is 0. The van der Waals surface area contributed by atoms with Crippen LogP contribution in [0.3, 0.4) is 0 Å². The van der Waals surface area contributed by atoms with Crippen LogP contribution in [0.1, 0.15) is 46.0 Å². The highest BCUT2D eigenvalue weighted by molar-refractivity contribution is 5.80. The van der Waals surface area contributed by atoms with Crippen molar-refractivity contribution in [2.24, 2.45) is 0 Å². The Morgan fingerprint density at radius 3 is 2.64 bits per heavy atom. The molecule has 0 spiro atoms. The zero-order valence-corrected chi connectivity index (χ0v) is 9.51. The van der Waals surface area contributed by atoms with Crippen LogP contribution >= 0.6 is 0 Å². The summed E-state index contributed by atoms with van der Waals surface area (Å²) >= 11 is 0. The average molecular weight is 197 g/mol. The van der Waals surface area contributed by atoms with Gasteiger partial charge in [0, 0.05) is 12.5 Å². The van der Waals surface area contributed by atoms with Gasteiger partial charge in [0.05, 0.1) is 6.54 Å². The van der Waals surface area contributed by atoms with Gasteiger partial charge in [0.25, 0.3) is 0 Å². The highest BCUT2D eigenvalue weighted by Crippen LogP contribution is 2.03. The van der Waals surface area contributed by atoms with E-state index in [0.29, 0.717) is 18.4 Å². The third-order valence-corrected chi connectivity index (χ3v) is 2.07. The summed E-state index contributed by atoms with van der Waals surface area (Å²) in [4.78, 5) is 11.3. The Labute approximate surface area is 87.8 Å². The molecule has 0 rings (SSSR count). The number of nitrogens with one attached hydrogen (secondary N) is 1. The van der Waals surface area contributed by atoms with Gasteiger partial charge in [-0.3, -0.25) is 4.79 Å². The Morgan fingerprint density at radius 2 is 2.07 bits per heavy atom. The maximum atomic E-state index is 11.3. The predicted molar refractivity (Wildman–Crippen MR) is 61.4 cm³/mol. The summed E-state index contributed by atoms with van der Waals surface area (Å²) in [6.07, 6.45) is 7.04. The fraction of sp³-hybridized carbons (Fsp3) is 0.750. The molecule has 2 heteroatoms. The molecular formula is C12H23NO. The first-order valence-electron chi connectivity index (χ1n) is 5.52. The Morgan fingerprint density at radius 1 is 1.36 bits per heavy atom. The Kier molecular flexibility index (Phi) is 8.54. The summed E-state index contributed by atoms with van der Waals surface area (Å²) in [6.45, 7) is 8.30. The van der Waals surface area contributed by atoms with Crippen LogP contribution in [0.15, 0.2) is 12.7 Å². The molecule has 0 saturated carbocycles. The molecule has 0 saturated heterocycles. The van der Waals surface area contributed by atoms with E-state index in [2.05, 4.69) is 25.7 Å². The van der Waals surface area contributed by atoms with E-state index in [1.807, 2.05) is 6.08 Å². The third kappa shape index (κ3) is 9.46. The van der Waals surface area contributed by atoms with E-state index in [-0.39, 0.29) is 0 Å². The van der Waals surface area contributed by atoms with Gasteiger partial charge in [-0.25, -0.2) is 0 Å². The molecule has 0 aliphatic rings. The quantitative estimate of drug-likeness (QED) is 0.455. The van der Waals surface area contributed by atoms with Crippen LogP contribution < -0.4 is 5.32 Å². The average Bonchev–Trinajstić information content (AvgIpc) is 2.14. The van der Waals surface area contributed by atoms with Crippen LogP contribution in [0.5, 0.6) is 0 Å². The molecule has 14 heavy (non-hydrogen) atoms. The van der Waals surface area contributed by atoms with Gasteiger partial charge < -0.3 is 5.32 Å². The predicted octanol–water partition coefficient (Wildman–Crippen LogP) is 2.69. The molecule has 0 unspecified atom stereocenters. The van der Waals surface area contributed by atoms with Crippen molar-refractivity contribution in [3.8, 4) is 0 Å². The number of allylic oxidation sites excluding steroid dienone is 1. The van der Waals surface area contributed by atoms with Crippen molar-refractivity contribution in [2.45, 2.75) is 52.0 Å². The largest absolute Gasteiger partial charge is 0.308 e. The van der Waals surface area contributed by atoms with Crippen LogP contribution in [0.2, 0.25) is 0 Å². The molecule has 0 aromatic carbocycles. The molecule has 0 aliphatic heterocycles. The Balaban J connectivity index is 3.22. The SMILES string of the molecule is C=CCCCCCC(=O)CNC(C)C. The van der Waals surface area contributed by atoms with Crippen LogP contribution in [-0.2, 0) is 4.79 Å². The zero-order chi connectivity index (χ0) is 10.8. The lowest BCUT2D eigenvalue weighted by Gasteiger charge is -2.06. The maximum absolute atomic E-state index is 11.3. The monoisotopic (exact) mass is 197 g/mol. The van der Waals surface area contributed by atoms with Gasteiger partial charge in [-0.15, -0.1) is 6.58 Å². The topological polar surface area (TPSA) is 29.1 Å². The van der Waals surface area contributed by atoms with Crippen molar-refractivity contribution >= 4 is 5.78 Å². The van der Waals surface area contributed by atoms with E-state index in [0.717, 1.165) is 32.1 Å².